The van der Waals surface area contributed by atoms with E-state index in [1.807, 2.05) is 0 Å². The lowest BCUT2D eigenvalue weighted by atomic mass is 10.2. The topological polar surface area (TPSA) is 88.5 Å². The number of hydrogen-bond donors (Lipinski definition) is 2. The van der Waals surface area contributed by atoms with Crippen LogP contribution in [0.5, 0.6) is 0 Å². The number of carbonyl (C=O) groups is 1. The van der Waals surface area contributed by atoms with Gasteiger partial charge in [-0.1, -0.05) is 5.16 Å². The quantitative estimate of drug-likeness (QED) is 0.819. The van der Waals surface area contributed by atoms with E-state index in [0.717, 1.165) is 11.3 Å². The van der Waals surface area contributed by atoms with Crippen LogP contribution in [-0.2, 0) is 13.1 Å². The summed E-state index contributed by atoms with van der Waals surface area (Å²) in [5, 5.41) is 15.6. The fourth-order valence-corrected chi connectivity index (χ4v) is 1.45. The van der Waals surface area contributed by atoms with Crippen LogP contribution in [-0.4, -0.2) is 16.2 Å². The number of carboxylic acids is 1. The second-order valence-electron chi connectivity index (χ2n) is 3.59. The Bertz CT molecular complexity index is 502. The van der Waals surface area contributed by atoms with E-state index in [1.165, 1.54) is 12.3 Å². The minimum Gasteiger partial charge on any atom is -0.475 e. The number of nitrogens with one attached hydrogen (secondary N) is 1. The van der Waals surface area contributed by atoms with Crippen LogP contribution in [0.15, 0.2) is 27.3 Å². The SMILES string of the molecule is Cc1oc(C(=O)O)cc1CNCc1ccon1. The molecule has 2 rings (SSSR count). The molecule has 0 bridgehead atoms. The molecule has 0 aliphatic carbocycles. The predicted molar refractivity (Wildman–Crippen MR) is 57.5 cm³/mol. The molecule has 0 amide bonds. The van der Waals surface area contributed by atoms with Crippen molar-refractivity contribution in [3.63, 3.8) is 0 Å². The Hall–Kier alpha value is -2.08. The fraction of sp³-hybridized carbons (Fsp3) is 0.273. The Morgan fingerprint density at radius 3 is 2.94 bits per heavy atom. The summed E-state index contributed by atoms with van der Waals surface area (Å²) < 4.78 is 9.78. The summed E-state index contributed by atoms with van der Waals surface area (Å²) in [6.07, 6.45) is 1.50. The highest BCUT2D eigenvalue weighted by Crippen LogP contribution is 2.14. The summed E-state index contributed by atoms with van der Waals surface area (Å²) in [5.74, 6) is -0.494. The van der Waals surface area contributed by atoms with Crippen molar-refractivity contribution in [3.8, 4) is 0 Å². The van der Waals surface area contributed by atoms with E-state index in [2.05, 4.69) is 10.5 Å². The molecular weight excluding hydrogens is 224 g/mol. The van der Waals surface area contributed by atoms with Gasteiger partial charge in [0.05, 0.1) is 5.69 Å². The molecule has 0 aliphatic rings. The molecule has 0 saturated heterocycles. The molecule has 0 saturated carbocycles. The number of aromatic carboxylic acids is 1. The molecule has 0 radical (unpaired) electrons. The van der Waals surface area contributed by atoms with E-state index >= 15 is 0 Å². The second kappa shape index (κ2) is 4.84. The van der Waals surface area contributed by atoms with Crippen molar-refractivity contribution in [2.45, 2.75) is 20.0 Å². The van der Waals surface area contributed by atoms with Gasteiger partial charge in [-0.15, -0.1) is 0 Å². The van der Waals surface area contributed by atoms with Gasteiger partial charge in [0.1, 0.15) is 12.0 Å². The zero-order chi connectivity index (χ0) is 12.3. The number of aromatic nitrogens is 1. The van der Waals surface area contributed by atoms with Crippen molar-refractivity contribution < 1.29 is 18.8 Å². The molecule has 17 heavy (non-hydrogen) atoms. The highest BCUT2D eigenvalue weighted by atomic mass is 16.5. The first-order valence-corrected chi connectivity index (χ1v) is 5.09. The van der Waals surface area contributed by atoms with E-state index in [9.17, 15) is 4.79 Å². The summed E-state index contributed by atoms with van der Waals surface area (Å²) in [6.45, 7) is 2.82. The molecule has 0 atom stereocenters. The van der Waals surface area contributed by atoms with Gasteiger partial charge >= 0.3 is 5.97 Å². The second-order valence-corrected chi connectivity index (χ2v) is 3.59. The van der Waals surface area contributed by atoms with Crippen LogP contribution in [0.25, 0.3) is 0 Å². The van der Waals surface area contributed by atoms with E-state index in [-0.39, 0.29) is 5.76 Å². The Morgan fingerprint density at radius 2 is 2.35 bits per heavy atom. The minimum atomic E-state index is -1.06. The Balaban J connectivity index is 1.92. The van der Waals surface area contributed by atoms with Crippen LogP contribution in [0, 0.1) is 6.92 Å². The van der Waals surface area contributed by atoms with Crippen molar-refractivity contribution in [1.29, 1.82) is 0 Å². The third kappa shape index (κ3) is 2.73. The van der Waals surface area contributed by atoms with Crippen LogP contribution in [0.4, 0.5) is 0 Å². The molecule has 0 fully saturated rings. The molecule has 0 spiro atoms. The van der Waals surface area contributed by atoms with Gasteiger partial charge in [-0.3, -0.25) is 0 Å². The van der Waals surface area contributed by atoms with Crippen LogP contribution in [0.3, 0.4) is 0 Å². The maximum Gasteiger partial charge on any atom is 0.371 e. The van der Waals surface area contributed by atoms with Crippen molar-refractivity contribution in [3.05, 3.63) is 41.2 Å². The zero-order valence-corrected chi connectivity index (χ0v) is 9.27. The monoisotopic (exact) mass is 236 g/mol. The normalized spacial score (nSPS) is 10.6. The molecule has 2 aromatic heterocycles. The lowest BCUT2D eigenvalue weighted by molar-refractivity contribution is 0.0661. The third-order valence-corrected chi connectivity index (χ3v) is 2.34. The van der Waals surface area contributed by atoms with Crippen LogP contribution < -0.4 is 5.32 Å². The number of carboxylic acid groups (broad SMARTS) is 1. The van der Waals surface area contributed by atoms with Gasteiger partial charge in [-0.25, -0.2) is 4.79 Å². The van der Waals surface area contributed by atoms with E-state index in [1.54, 1.807) is 13.0 Å². The van der Waals surface area contributed by atoms with Crippen molar-refractivity contribution >= 4 is 5.97 Å². The first-order chi connectivity index (χ1) is 8.16. The van der Waals surface area contributed by atoms with Gasteiger partial charge in [0.2, 0.25) is 5.76 Å². The molecule has 90 valence electrons. The first-order valence-electron chi connectivity index (χ1n) is 5.09. The molecule has 2 aromatic rings. The average Bonchev–Trinajstić information content (AvgIpc) is 2.89. The largest absolute Gasteiger partial charge is 0.475 e. The van der Waals surface area contributed by atoms with Crippen LogP contribution in [0.1, 0.15) is 27.6 Å². The first kappa shape index (κ1) is 11.4. The Labute approximate surface area is 97.2 Å². The number of furan rings is 1. The summed E-state index contributed by atoms with van der Waals surface area (Å²) in [5.41, 5.74) is 1.62. The van der Waals surface area contributed by atoms with Gasteiger partial charge in [-0.2, -0.15) is 0 Å². The summed E-state index contributed by atoms with van der Waals surface area (Å²) >= 11 is 0. The van der Waals surface area contributed by atoms with Crippen molar-refractivity contribution in [1.82, 2.24) is 10.5 Å². The summed E-state index contributed by atoms with van der Waals surface area (Å²) in [7, 11) is 0. The highest BCUT2D eigenvalue weighted by molar-refractivity contribution is 5.84. The molecule has 2 N–H and O–H groups in total. The predicted octanol–water partition coefficient (Wildman–Crippen LogP) is 1.56. The summed E-state index contributed by atoms with van der Waals surface area (Å²) in [4.78, 5) is 10.7. The maximum atomic E-state index is 10.7. The van der Waals surface area contributed by atoms with Gasteiger partial charge in [-0.05, 0) is 13.0 Å². The summed E-state index contributed by atoms with van der Waals surface area (Å²) in [6, 6.07) is 3.28. The van der Waals surface area contributed by atoms with Gasteiger partial charge < -0.3 is 19.4 Å². The lowest BCUT2D eigenvalue weighted by Crippen LogP contribution is -2.12. The third-order valence-electron chi connectivity index (χ3n) is 2.34. The lowest BCUT2D eigenvalue weighted by Gasteiger charge is -1.99. The van der Waals surface area contributed by atoms with E-state index < -0.39 is 5.97 Å². The molecule has 2 heterocycles. The van der Waals surface area contributed by atoms with Gasteiger partial charge in [0, 0.05) is 24.7 Å². The molecule has 6 heteroatoms. The fourth-order valence-electron chi connectivity index (χ4n) is 1.45. The van der Waals surface area contributed by atoms with Crippen molar-refractivity contribution in [2.24, 2.45) is 0 Å². The Morgan fingerprint density at radius 1 is 1.53 bits per heavy atom. The molecule has 0 aliphatic heterocycles. The average molecular weight is 236 g/mol. The van der Waals surface area contributed by atoms with Gasteiger partial charge in [0.15, 0.2) is 0 Å². The number of aryl methyl sites for hydroxylation is 1. The van der Waals surface area contributed by atoms with E-state index in [4.69, 9.17) is 14.0 Å². The number of rotatable bonds is 5. The van der Waals surface area contributed by atoms with Crippen molar-refractivity contribution in [2.75, 3.05) is 0 Å². The maximum absolute atomic E-state index is 10.7. The minimum absolute atomic E-state index is 0.0410. The standard InChI is InChI=1S/C11H12N2O4/c1-7-8(4-10(17-7)11(14)15)5-12-6-9-2-3-16-13-9/h2-4,12H,5-6H2,1H3,(H,14,15). The Kier molecular flexibility index (Phi) is 3.24. The number of hydrogen-bond acceptors (Lipinski definition) is 5. The van der Waals surface area contributed by atoms with Crippen LogP contribution >= 0.6 is 0 Å². The molecule has 6 nitrogen and oxygen atoms in total. The smallest absolute Gasteiger partial charge is 0.371 e. The van der Waals surface area contributed by atoms with E-state index in [0.29, 0.717) is 18.8 Å². The number of nitrogens with zero attached hydrogens (tertiary/aromatic N) is 1. The van der Waals surface area contributed by atoms with Gasteiger partial charge in [0.25, 0.3) is 0 Å². The van der Waals surface area contributed by atoms with Crippen LogP contribution in [0.2, 0.25) is 0 Å². The molecular formula is C11H12N2O4. The molecule has 0 aromatic carbocycles. The molecule has 0 unspecified atom stereocenters. The zero-order valence-electron chi connectivity index (χ0n) is 9.27. The highest BCUT2D eigenvalue weighted by Gasteiger charge is 2.12.